The Morgan fingerprint density at radius 1 is 1.12 bits per heavy atom. The number of nitrogens with one attached hydrogen (secondary N) is 1. The third kappa shape index (κ3) is 3.59. The van der Waals surface area contributed by atoms with E-state index in [1.165, 1.54) is 0 Å². The van der Waals surface area contributed by atoms with Gasteiger partial charge in [-0.2, -0.15) is 0 Å². The molecule has 134 valence electrons. The van der Waals surface area contributed by atoms with E-state index in [-0.39, 0.29) is 12.5 Å². The second kappa shape index (κ2) is 7.39. The second-order valence-electron chi connectivity index (χ2n) is 6.08. The minimum absolute atomic E-state index is 0.0583. The van der Waals surface area contributed by atoms with Crippen LogP contribution in [0.25, 0.3) is 11.1 Å². The van der Waals surface area contributed by atoms with Gasteiger partial charge in [0.1, 0.15) is 12.6 Å². The number of rotatable bonds is 6. The molecule has 0 bridgehead atoms. The molecule has 6 heteroatoms. The van der Waals surface area contributed by atoms with Crippen LogP contribution < -0.4 is 5.32 Å². The predicted molar refractivity (Wildman–Crippen MR) is 94.5 cm³/mol. The van der Waals surface area contributed by atoms with Crippen molar-refractivity contribution in [2.75, 3.05) is 6.61 Å². The Hall–Kier alpha value is -3.15. The molecule has 2 aromatic carbocycles. The number of hydrogen-bond donors (Lipinski definition) is 2. The van der Waals surface area contributed by atoms with Crippen LogP contribution in [0.4, 0.5) is 9.18 Å². The minimum atomic E-state index is -1.41. The molecule has 0 aromatic heterocycles. The Balaban J connectivity index is 1.71. The maximum absolute atomic E-state index is 12.9. The number of carboxylic acid groups (broad SMARTS) is 1. The predicted octanol–water partition coefficient (Wildman–Crippen LogP) is 3.85. The van der Waals surface area contributed by atoms with Crippen LogP contribution in [0.3, 0.4) is 0 Å². The largest absolute Gasteiger partial charge is 0.480 e. The molecule has 1 aliphatic rings. The van der Waals surface area contributed by atoms with Crippen molar-refractivity contribution in [1.29, 1.82) is 0 Å². The van der Waals surface area contributed by atoms with E-state index in [2.05, 4.69) is 11.9 Å². The lowest BCUT2D eigenvalue weighted by Crippen LogP contribution is -2.41. The standard InChI is InChI=1S/C20H18FNO4/c1-12(21)10-18(19(23)24)22-20(25)26-11-17-15-8-4-2-6-13(15)14-7-3-5-9-16(14)17/h2-9,17-18H,1,10-11H2,(H,22,25)(H,23,24)/t18-/m0/s1. The summed E-state index contributed by atoms with van der Waals surface area (Å²) in [5.41, 5.74) is 4.28. The first-order valence-electron chi connectivity index (χ1n) is 8.15. The smallest absolute Gasteiger partial charge is 0.407 e. The van der Waals surface area contributed by atoms with Crippen LogP contribution in [0.2, 0.25) is 0 Å². The van der Waals surface area contributed by atoms with Crippen LogP contribution in [0.15, 0.2) is 60.9 Å². The summed E-state index contributed by atoms with van der Waals surface area (Å²) in [4.78, 5) is 23.1. The molecule has 5 nitrogen and oxygen atoms in total. The van der Waals surface area contributed by atoms with Crippen LogP contribution in [0.5, 0.6) is 0 Å². The Kier molecular flexibility index (Phi) is 5.02. The van der Waals surface area contributed by atoms with E-state index >= 15 is 0 Å². The molecule has 0 fully saturated rings. The first-order valence-corrected chi connectivity index (χ1v) is 8.15. The zero-order valence-electron chi connectivity index (χ0n) is 13.9. The summed E-state index contributed by atoms with van der Waals surface area (Å²) in [6.45, 7) is 3.08. The van der Waals surface area contributed by atoms with Gasteiger partial charge in [-0.05, 0) is 22.3 Å². The molecule has 2 aromatic rings. The Bertz CT molecular complexity index is 819. The van der Waals surface area contributed by atoms with E-state index in [0.29, 0.717) is 0 Å². The van der Waals surface area contributed by atoms with Crippen LogP contribution in [0, 0.1) is 0 Å². The van der Waals surface area contributed by atoms with Crippen molar-refractivity contribution in [2.24, 2.45) is 0 Å². The Morgan fingerprint density at radius 3 is 2.15 bits per heavy atom. The summed E-state index contributed by atoms with van der Waals surface area (Å²) < 4.78 is 18.1. The summed E-state index contributed by atoms with van der Waals surface area (Å²) in [5, 5.41) is 11.2. The fraction of sp³-hybridized carbons (Fsp3) is 0.200. The molecule has 0 spiro atoms. The zero-order chi connectivity index (χ0) is 18.7. The van der Waals surface area contributed by atoms with Gasteiger partial charge in [-0.3, -0.25) is 0 Å². The van der Waals surface area contributed by atoms with Crippen molar-refractivity contribution in [3.05, 3.63) is 72.1 Å². The van der Waals surface area contributed by atoms with E-state index in [9.17, 15) is 14.0 Å². The number of carbonyl (C=O) groups is 2. The molecule has 0 unspecified atom stereocenters. The van der Waals surface area contributed by atoms with Gasteiger partial charge in [0.15, 0.2) is 0 Å². The number of fused-ring (bicyclic) bond motifs is 3. The normalized spacial score (nSPS) is 13.4. The van der Waals surface area contributed by atoms with Crippen molar-refractivity contribution in [3.63, 3.8) is 0 Å². The van der Waals surface area contributed by atoms with Gasteiger partial charge < -0.3 is 15.2 Å². The molecule has 1 aliphatic carbocycles. The average molecular weight is 355 g/mol. The highest BCUT2D eigenvalue weighted by atomic mass is 19.1. The topological polar surface area (TPSA) is 75.6 Å². The molecule has 1 atom stereocenters. The van der Waals surface area contributed by atoms with Gasteiger partial charge in [0.2, 0.25) is 0 Å². The number of carboxylic acids is 1. The number of benzene rings is 2. The van der Waals surface area contributed by atoms with Crippen LogP contribution >= 0.6 is 0 Å². The number of halogens is 1. The van der Waals surface area contributed by atoms with Gasteiger partial charge in [-0.25, -0.2) is 14.0 Å². The van der Waals surface area contributed by atoms with Gasteiger partial charge in [-0.15, -0.1) is 0 Å². The van der Waals surface area contributed by atoms with Crippen molar-refractivity contribution in [2.45, 2.75) is 18.4 Å². The number of carbonyl (C=O) groups excluding carboxylic acids is 1. The first-order chi connectivity index (χ1) is 12.5. The molecular weight excluding hydrogens is 337 g/mol. The van der Waals surface area contributed by atoms with Gasteiger partial charge in [0, 0.05) is 12.3 Å². The fourth-order valence-corrected chi connectivity index (χ4v) is 3.20. The molecule has 0 radical (unpaired) electrons. The summed E-state index contributed by atoms with van der Waals surface area (Å²) in [7, 11) is 0. The van der Waals surface area contributed by atoms with E-state index in [0.717, 1.165) is 22.3 Å². The maximum Gasteiger partial charge on any atom is 0.407 e. The number of aliphatic carboxylic acids is 1. The number of amides is 1. The minimum Gasteiger partial charge on any atom is -0.480 e. The van der Waals surface area contributed by atoms with Crippen molar-refractivity contribution in [1.82, 2.24) is 5.32 Å². The first kappa shape index (κ1) is 17.7. The van der Waals surface area contributed by atoms with Gasteiger partial charge >= 0.3 is 12.1 Å². The molecule has 3 rings (SSSR count). The zero-order valence-corrected chi connectivity index (χ0v) is 13.9. The number of alkyl carbamates (subject to hydrolysis) is 1. The highest BCUT2D eigenvalue weighted by Gasteiger charge is 2.29. The van der Waals surface area contributed by atoms with Crippen molar-refractivity contribution in [3.8, 4) is 11.1 Å². The van der Waals surface area contributed by atoms with E-state index < -0.39 is 30.4 Å². The number of ether oxygens (including phenoxy) is 1. The summed E-state index contributed by atoms with van der Waals surface area (Å²) in [6.07, 6.45) is -1.40. The van der Waals surface area contributed by atoms with Crippen LogP contribution in [-0.4, -0.2) is 29.8 Å². The van der Waals surface area contributed by atoms with E-state index in [1.54, 1.807) is 0 Å². The van der Waals surface area contributed by atoms with Gasteiger partial charge in [0.05, 0.1) is 5.83 Å². The summed E-state index contributed by atoms with van der Waals surface area (Å²) in [6, 6.07) is 14.3. The van der Waals surface area contributed by atoms with Crippen molar-refractivity contribution < 1.29 is 23.8 Å². The second-order valence-corrected chi connectivity index (χ2v) is 6.08. The van der Waals surface area contributed by atoms with Gasteiger partial charge in [-0.1, -0.05) is 55.1 Å². The van der Waals surface area contributed by atoms with Crippen molar-refractivity contribution >= 4 is 12.1 Å². The summed E-state index contributed by atoms with van der Waals surface area (Å²) in [5.74, 6) is -2.30. The SMILES string of the molecule is C=C(F)C[C@H](NC(=O)OCC1c2ccccc2-c2ccccc21)C(=O)O. The fourth-order valence-electron chi connectivity index (χ4n) is 3.20. The molecule has 2 N–H and O–H groups in total. The van der Waals surface area contributed by atoms with E-state index in [1.807, 2.05) is 48.5 Å². The quantitative estimate of drug-likeness (QED) is 0.825. The third-order valence-corrected chi connectivity index (χ3v) is 4.36. The van der Waals surface area contributed by atoms with E-state index in [4.69, 9.17) is 9.84 Å². The van der Waals surface area contributed by atoms with Gasteiger partial charge in [0.25, 0.3) is 0 Å². The lowest BCUT2D eigenvalue weighted by molar-refractivity contribution is -0.139. The highest BCUT2D eigenvalue weighted by Crippen LogP contribution is 2.44. The molecular formula is C20H18FNO4. The summed E-state index contributed by atoms with van der Waals surface area (Å²) >= 11 is 0. The maximum atomic E-state index is 12.9. The molecule has 26 heavy (non-hydrogen) atoms. The van der Waals surface area contributed by atoms with Crippen LogP contribution in [-0.2, 0) is 9.53 Å². The molecule has 1 amide bonds. The Morgan fingerprint density at radius 2 is 1.65 bits per heavy atom. The average Bonchev–Trinajstić information content (AvgIpc) is 2.93. The number of hydrogen-bond acceptors (Lipinski definition) is 3. The Labute approximate surface area is 150 Å². The monoisotopic (exact) mass is 355 g/mol. The molecule has 0 aliphatic heterocycles. The lowest BCUT2D eigenvalue weighted by atomic mass is 9.98. The molecule has 0 heterocycles. The molecule has 0 saturated heterocycles. The molecule has 0 saturated carbocycles. The third-order valence-electron chi connectivity index (χ3n) is 4.36. The lowest BCUT2D eigenvalue weighted by Gasteiger charge is -2.17. The van der Waals surface area contributed by atoms with Crippen LogP contribution in [0.1, 0.15) is 23.5 Å². The highest BCUT2D eigenvalue weighted by molar-refractivity contribution is 5.81.